The number of benzene rings is 2. The maximum atomic E-state index is 12.7. The first-order chi connectivity index (χ1) is 13.3. The molecule has 1 N–H and O–H groups in total. The lowest BCUT2D eigenvalue weighted by Gasteiger charge is -2.21. The van der Waals surface area contributed by atoms with E-state index < -0.39 is 22.1 Å². The highest BCUT2D eigenvalue weighted by Gasteiger charge is 2.30. The lowest BCUT2D eigenvalue weighted by atomic mass is 10.2. The fraction of sp³-hybridized carbons (Fsp3) is 0.300. The number of hydrogen-bond acceptors (Lipinski definition) is 5. The Balaban J connectivity index is 1.72. The summed E-state index contributed by atoms with van der Waals surface area (Å²) in [5, 5.41) is 0. The van der Waals surface area contributed by atoms with Gasteiger partial charge in [0.2, 0.25) is 10.0 Å². The van der Waals surface area contributed by atoms with Gasteiger partial charge in [-0.1, -0.05) is 31.2 Å². The standard InChI is InChI=1S/C20H22N2O5S/c1-3-21-28(25,26)17-9-6-8-16(13-17)20(24)27-14(2)19(23)22-12-11-15-7-4-5-10-18(15)22/h4-10,13-14,21H,3,11-12H2,1-2H3/t14-/m0/s1. The van der Waals surface area contributed by atoms with Crippen molar-refractivity contribution in [3.05, 3.63) is 59.7 Å². The quantitative estimate of drug-likeness (QED) is 0.747. The van der Waals surface area contributed by atoms with Crippen LogP contribution in [0.15, 0.2) is 53.4 Å². The van der Waals surface area contributed by atoms with Crippen LogP contribution in [0.4, 0.5) is 5.69 Å². The number of nitrogens with one attached hydrogen (secondary N) is 1. The number of para-hydroxylation sites is 1. The Morgan fingerprint density at radius 3 is 2.68 bits per heavy atom. The third-order valence-corrected chi connectivity index (χ3v) is 6.04. The minimum absolute atomic E-state index is 0.0313. The van der Waals surface area contributed by atoms with Crippen molar-refractivity contribution in [2.75, 3.05) is 18.0 Å². The third-order valence-electron chi connectivity index (χ3n) is 4.50. The zero-order valence-electron chi connectivity index (χ0n) is 15.7. The van der Waals surface area contributed by atoms with Gasteiger partial charge in [-0.3, -0.25) is 4.79 Å². The second-order valence-corrected chi connectivity index (χ2v) is 8.21. The van der Waals surface area contributed by atoms with Crippen molar-refractivity contribution in [1.82, 2.24) is 4.72 Å². The minimum Gasteiger partial charge on any atom is -0.449 e. The zero-order chi connectivity index (χ0) is 20.3. The molecule has 1 heterocycles. The van der Waals surface area contributed by atoms with Crippen LogP contribution in [0, 0.1) is 0 Å². The maximum absolute atomic E-state index is 12.7. The molecule has 28 heavy (non-hydrogen) atoms. The normalized spacial score (nSPS) is 14.4. The number of fused-ring (bicyclic) bond motifs is 1. The second kappa shape index (κ2) is 8.12. The van der Waals surface area contributed by atoms with E-state index in [0.717, 1.165) is 17.7 Å². The summed E-state index contributed by atoms with van der Waals surface area (Å²) < 4.78 is 31.9. The topological polar surface area (TPSA) is 92.8 Å². The van der Waals surface area contributed by atoms with Crippen LogP contribution in [0.5, 0.6) is 0 Å². The molecule has 1 atom stereocenters. The van der Waals surface area contributed by atoms with Gasteiger partial charge in [-0.05, 0) is 43.2 Å². The van der Waals surface area contributed by atoms with E-state index in [4.69, 9.17) is 4.74 Å². The summed E-state index contributed by atoms with van der Waals surface area (Å²) in [4.78, 5) is 26.8. The number of amides is 1. The molecule has 2 aromatic carbocycles. The van der Waals surface area contributed by atoms with Gasteiger partial charge in [-0.15, -0.1) is 0 Å². The summed E-state index contributed by atoms with van der Waals surface area (Å²) in [6.45, 7) is 3.95. The van der Waals surface area contributed by atoms with Gasteiger partial charge in [0.15, 0.2) is 6.10 Å². The maximum Gasteiger partial charge on any atom is 0.338 e. The molecule has 0 aliphatic carbocycles. The SMILES string of the molecule is CCNS(=O)(=O)c1cccc(C(=O)O[C@@H](C)C(=O)N2CCc3ccccc32)c1. The largest absolute Gasteiger partial charge is 0.449 e. The summed E-state index contributed by atoms with van der Waals surface area (Å²) in [5.41, 5.74) is 1.98. The molecule has 0 bridgehead atoms. The lowest BCUT2D eigenvalue weighted by Crippen LogP contribution is -2.39. The summed E-state index contributed by atoms with van der Waals surface area (Å²) in [6, 6.07) is 13.2. The number of ether oxygens (including phenoxy) is 1. The van der Waals surface area contributed by atoms with Gasteiger partial charge in [0.25, 0.3) is 5.91 Å². The molecule has 2 aromatic rings. The van der Waals surface area contributed by atoms with Gasteiger partial charge in [0.1, 0.15) is 0 Å². The number of esters is 1. The average molecular weight is 402 g/mol. The molecular weight excluding hydrogens is 380 g/mol. The van der Waals surface area contributed by atoms with Crippen molar-refractivity contribution in [2.24, 2.45) is 0 Å². The molecule has 0 radical (unpaired) electrons. The number of carbonyl (C=O) groups excluding carboxylic acids is 2. The van der Waals surface area contributed by atoms with E-state index in [1.165, 1.54) is 31.2 Å². The summed E-state index contributed by atoms with van der Waals surface area (Å²) in [7, 11) is -3.69. The first-order valence-electron chi connectivity index (χ1n) is 9.03. The van der Waals surface area contributed by atoms with Crippen LogP contribution in [0.3, 0.4) is 0 Å². The average Bonchev–Trinajstić information content (AvgIpc) is 3.11. The molecular formula is C20H22N2O5S. The molecule has 8 heteroatoms. The highest BCUT2D eigenvalue weighted by Crippen LogP contribution is 2.28. The van der Waals surface area contributed by atoms with Gasteiger partial charge < -0.3 is 9.64 Å². The number of nitrogens with zero attached hydrogens (tertiary/aromatic N) is 1. The van der Waals surface area contributed by atoms with Gasteiger partial charge in [-0.2, -0.15) is 0 Å². The number of sulfonamides is 1. The first-order valence-corrected chi connectivity index (χ1v) is 10.5. The number of carbonyl (C=O) groups is 2. The molecule has 0 saturated heterocycles. The van der Waals surface area contributed by atoms with Crippen molar-refractivity contribution in [3.8, 4) is 0 Å². The van der Waals surface area contributed by atoms with Gasteiger partial charge in [0, 0.05) is 18.8 Å². The van der Waals surface area contributed by atoms with Crippen molar-refractivity contribution >= 4 is 27.6 Å². The Morgan fingerprint density at radius 1 is 1.18 bits per heavy atom. The lowest BCUT2D eigenvalue weighted by molar-refractivity contribution is -0.126. The molecule has 3 rings (SSSR count). The van der Waals surface area contributed by atoms with E-state index in [1.54, 1.807) is 11.8 Å². The minimum atomic E-state index is -3.69. The van der Waals surface area contributed by atoms with Crippen molar-refractivity contribution in [3.63, 3.8) is 0 Å². The highest BCUT2D eigenvalue weighted by atomic mass is 32.2. The molecule has 1 aliphatic rings. The molecule has 1 amide bonds. The van der Waals surface area contributed by atoms with Crippen LogP contribution in [0.25, 0.3) is 0 Å². The van der Waals surface area contributed by atoms with E-state index in [2.05, 4.69) is 4.72 Å². The molecule has 1 aliphatic heterocycles. The Hall–Kier alpha value is -2.71. The Morgan fingerprint density at radius 2 is 1.93 bits per heavy atom. The molecule has 0 saturated carbocycles. The number of anilines is 1. The summed E-state index contributed by atoms with van der Waals surface area (Å²) >= 11 is 0. The molecule has 0 aromatic heterocycles. The summed E-state index contributed by atoms with van der Waals surface area (Å²) in [5.74, 6) is -1.06. The Bertz CT molecular complexity index is 1000. The molecule has 7 nitrogen and oxygen atoms in total. The van der Waals surface area contributed by atoms with Crippen molar-refractivity contribution in [1.29, 1.82) is 0 Å². The van der Waals surface area contributed by atoms with Crippen LogP contribution in [0.2, 0.25) is 0 Å². The monoisotopic (exact) mass is 402 g/mol. The third kappa shape index (κ3) is 4.07. The van der Waals surface area contributed by atoms with Crippen LogP contribution >= 0.6 is 0 Å². The van der Waals surface area contributed by atoms with E-state index in [1.807, 2.05) is 24.3 Å². The van der Waals surface area contributed by atoms with E-state index in [-0.39, 0.29) is 22.9 Å². The molecule has 148 valence electrons. The van der Waals surface area contributed by atoms with Crippen LogP contribution in [0.1, 0.15) is 29.8 Å². The Kier molecular flexibility index (Phi) is 5.81. The first kappa shape index (κ1) is 20.0. The number of hydrogen-bond donors (Lipinski definition) is 1. The fourth-order valence-electron chi connectivity index (χ4n) is 3.13. The van der Waals surface area contributed by atoms with Gasteiger partial charge >= 0.3 is 5.97 Å². The van der Waals surface area contributed by atoms with Crippen molar-refractivity contribution < 1.29 is 22.7 Å². The number of rotatable bonds is 6. The Labute approximate surface area is 164 Å². The van der Waals surface area contributed by atoms with E-state index in [0.29, 0.717) is 6.54 Å². The smallest absolute Gasteiger partial charge is 0.338 e. The highest BCUT2D eigenvalue weighted by molar-refractivity contribution is 7.89. The molecule has 0 spiro atoms. The second-order valence-electron chi connectivity index (χ2n) is 6.45. The van der Waals surface area contributed by atoms with Gasteiger partial charge in [0.05, 0.1) is 10.5 Å². The predicted octanol–water partition coefficient (Wildman–Crippen LogP) is 2.12. The predicted molar refractivity (Wildman–Crippen MR) is 105 cm³/mol. The zero-order valence-corrected chi connectivity index (χ0v) is 16.5. The van der Waals surface area contributed by atoms with Crippen LogP contribution in [-0.2, 0) is 26.0 Å². The summed E-state index contributed by atoms with van der Waals surface area (Å²) in [6.07, 6.45) is -0.236. The van der Waals surface area contributed by atoms with E-state index in [9.17, 15) is 18.0 Å². The van der Waals surface area contributed by atoms with Crippen LogP contribution < -0.4 is 9.62 Å². The molecule has 0 fully saturated rings. The fourth-order valence-corrected chi connectivity index (χ4v) is 4.22. The van der Waals surface area contributed by atoms with Crippen LogP contribution in [-0.4, -0.2) is 39.5 Å². The molecule has 0 unspecified atom stereocenters. The van der Waals surface area contributed by atoms with Gasteiger partial charge in [-0.25, -0.2) is 17.9 Å². The van der Waals surface area contributed by atoms with E-state index >= 15 is 0 Å². The van der Waals surface area contributed by atoms with Crippen molar-refractivity contribution in [2.45, 2.75) is 31.3 Å².